The van der Waals surface area contributed by atoms with Crippen LogP contribution < -0.4 is 15.6 Å². The second-order valence-electron chi connectivity index (χ2n) is 7.04. The van der Waals surface area contributed by atoms with Crippen molar-refractivity contribution in [2.24, 2.45) is 5.10 Å². The maximum atomic E-state index is 10.8. The molecule has 0 spiro atoms. The summed E-state index contributed by atoms with van der Waals surface area (Å²) in [6.07, 6.45) is 1.54. The molecule has 1 aromatic heterocycles. The van der Waals surface area contributed by atoms with Crippen LogP contribution in [0.4, 0.5) is 29.2 Å². The molecule has 2 N–H and O–H groups in total. The average Bonchev–Trinajstić information content (AvgIpc) is 2.81. The molecule has 0 atom stereocenters. The van der Waals surface area contributed by atoms with Crippen LogP contribution in [0.25, 0.3) is 0 Å². The highest BCUT2D eigenvalue weighted by Crippen LogP contribution is 2.21. The first-order valence-electron chi connectivity index (χ1n) is 10.0. The fourth-order valence-electron chi connectivity index (χ4n) is 3.06. The van der Waals surface area contributed by atoms with E-state index in [2.05, 4.69) is 30.8 Å². The number of ether oxygens (including phenoxy) is 1. The smallest absolute Gasteiger partial charge is 0.269 e. The fourth-order valence-corrected chi connectivity index (χ4v) is 3.06. The first-order chi connectivity index (χ1) is 15.6. The maximum Gasteiger partial charge on any atom is 0.269 e. The van der Waals surface area contributed by atoms with E-state index in [1.54, 1.807) is 12.1 Å². The Hall–Kier alpha value is -4.12. The van der Waals surface area contributed by atoms with E-state index in [-0.39, 0.29) is 11.6 Å². The molecule has 1 fully saturated rings. The molecule has 1 aliphatic rings. The van der Waals surface area contributed by atoms with Crippen molar-refractivity contribution in [2.45, 2.75) is 6.92 Å². The first kappa shape index (κ1) is 21.1. The highest BCUT2D eigenvalue weighted by molar-refractivity contribution is 5.80. The zero-order valence-corrected chi connectivity index (χ0v) is 17.4. The van der Waals surface area contributed by atoms with Gasteiger partial charge in [-0.1, -0.05) is 18.2 Å². The van der Waals surface area contributed by atoms with Crippen LogP contribution in [0.5, 0.6) is 0 Å². The molecule has 11 nitrogen and oxygen atoms in total. The minimum Gasteiger partial charge on any atom is -0.378 e. The van der Waals surface area contributed by atoms with Gasteiger partial charge in [-0.2, -0.15) is 20.1 Å². The summed E-state index contributed by atoms with van der Waals surface area (Å²) >= 11 is 0. The molecular formula is C21H22N8O3. The summed E-state index contributed by atoms with van der Waals surface area (Å²) in [7, 11) is 0. The summed E-state index contributed by atoms with van der Waals surface area (Å²) in [5.41, 5.74) is 5.50. The minimum atomic E-state index is -0.444. The van der Waals surface area contributed by atoms with Crippen molar-refractivity contribution in [3.63, 3.8) is 0 Å². The molecule has 0 bridgehead atoms. The van der Waals surface area contributed by atoms with Crippen LogP contribution in [0.3, 0.4) is 0 Å². The monoisotopic (exact) mass is 434 g/mol. The quantitative estimate of drug-likeness (QED) is 0.327. The Bertz CT molecular complexity index is 1110. The van der Waals surface area contributed by atoms with Crippen molar-refractivity contribution in [2.75, 3.05) is 41.9 Å². The lowest BCUT2D eigenvalue weighted by molar-refractivity contribution is -0.384. The summed E-state index contributed by atoms with van der Waals surface area (Å²) in [6, 6.07) is 13.9. The van der Waals surface area contributed by atoms with Gasteiger partial charge < -0.3 is 15.0 Å². The Kier molecular flexibility index (Phi) is 6.46. The van der Waals surface area contributed by atoms with Crippen molar-refractivity contribution in [3.05, 3.63) is 69.8 Å². The van der Waals surface area contributed by atoms with E-state index in [0.717, 1.165) is 11.3 Å². The standard InChI is InChI=1S/C21H22N8O3/c1-15-4-2-3-5-18(15)23-19-24-20(26-21(25-19)28-10-12-32-13-11-28)27-22-14-16-6-8-17(9-7-16)29(30)31/h2-9,14H,10-13H2,1H3,(H2,23,24,25,26,27)/b22-14+. The first-order valence-corrected chi connectivity index (χ1v) is 10.0. The van der Waals surface area contributed by atoms with Gasteiger partial charge in [0.25, 0.3) is 5.69 Å². The molecule has 32 heavy (non-hydrogen) atoms. The summed E-state index contributed by atoms with van der Waals surface area (Å²) in [6.45, 7) is 4.57. The minimum absolute atomic E-state index is 0.0228. The van der Waals surface area contributed by atoms with Gasteiger partial charge in [0, 0.05) is 30.9 Å². The number of hydrazone groups is 1. The van der Waals surface area contributed by atoms with Crippen molar-refractivity contribution in [3.8, 4) is 0 Å². The Morgan fingerprint density at radius 2 is 1.78 bits per heavy atom. The molecule has 0 unspecified atom stereocenters. The van der Waals surface area contributed by atoms with Crippen LogP contribution in [0.1, 0.15) is 11.1 Å². The van der Waals surface area contributed by atoms with Gasteiger partial charge in [-0.05, 0) is 36.2 Å². The Morgan fingerprint density at radius 1 is 1.06 bits per heavy atom. The van der Waals surface area contributed by atoms with E-state index in [1.165, 1.54) is 18.3 Å². The Labute approximate surface area is 184 Å². The van der Waals surface area contributed by atoms with Crippen LogP contribution in [0.15, 0.2) is 53.6 Å². The van der Waals surface area contributed by atoms with E-state index >= 15 is 0 Å². The predicted molar refractivity (Wildman–Crippen MR) is 122 cm³/mol. The molecule has 0 saturated carbocycles. The number of anilines is 4. The number of aryl methyl sites for hydroxylation is 1. The number of nitrogens with one attached hydrogen (secondary N) is 2. The second kappa shape index (κ2) is 9.79. The lowest BCUT2D eigenvalue weighted by Crippen LogP contribution is -2.37. The predicted octanol–water partition coefficient (Wildman–Crippen LogP) is 3.11. The topological polar surface area (TPSA) is 131 Å². The van der Waals surface area contributed by atoms with Crippen molar-refractivity contribution >= 4 is 35.4 Å². The number of benzene rings is 2. The summed E-state index contributed by atoms with van der Waals surface area (Å²) < 4.78 is 5.42. The molecular weight excluding hydrogens is 412 g/mol. The number of non-ortho nitro benzene ring substituents is 1. The van der Waals surface area contributed by atoms with E-state index in [9.17, 15) is 10.1 Å². The zero-order valence-electron chi connectivity index (χ0n) is 17.4. The summed E-state index contributed by atoms with van der Waals surface area (Å²) in [4.78, 5) is 25.8. The molecule has 0 aliphatic carbocycles. The van der Waals surface area contributed by atoms with Crippen LogP contribution in [0, 0.1) is 17.0 Å². The second-order valence-corrected chi connectivity index (χ2v) is 7.04. The van der Waals surface area contributed by atoms with Gasteiger partial charge in [-0.25, -0.2) is 5.43 Å². The van der Waals surface area contributed by atoms with Gasteiger partial charge >= 0.3 is 0 Å². The van der Waals surface area contributed by atoms with E-state index in [0.29, 0.717) is 43.8 Å². The number of rotatable bonds is 7. The third kappa shape index (κ3) is 5.32. The molecule has 2 aromatic carbocycles. The Morgan fingerprint density at radius 3 is 2.50 bits per heavy atom. The van der Waals surface area contributed by atoms with Crippen molar-refractivity contribution in [1.82, 2.24) is 15.0 Å². The fraction of sp³-hybridized carbons (Fsp3) is 0.238. The largest absolute Gasteiger partial charge is 0.378 e. The number of nitro groups is 1. The van der Waals surface area contributed by atoms with Gasteiger partial charge in [0.1, 0.15) is 0 Å². The number of nitrogens with zero attached hydrogens (tertiary/aromatic N) is 6. The van der Waals surface area contributed by atoms with Gasteiger partial charge in [-0.15, -0.1) is 0 Å². The molecule has 164 valence electrons. The van der Waals surface area contributed by atoms with Gasteiger partial charge in [0.2, 0.25) is 17.8 Å². The van der Waals surface area contributed by atoms with Crippen LogP contribution in [-0.4, -0.2) is 52.4 Å². The summed E-state index contributed by atoms with van der Waals surface area (Å²) in [5, 5.41) is 18.2. The number of aromatic nitrogens is 3. The molecule has 1 aliphatic heterocycles. The number of hydrogen-bond donors (Lipinski definition) is 2. The number of para-hydroxylation sites is 1. The lowest BCUT2D eigenvalue weighted by Gasteiger charge is -2.27. The molecule has 0 amide bonds. The van der Waals surface area contributed by atoms with E-state index in [4.69, 9.17) is 4.74 Å². The molecule has 0 radical (unpaired) electrons. The zero-order chi connectivity index (χ0) is 22.3. The number of morpholine rings is 1. The third-order valence-electron chi connectivity index (χ3n) is 4.79. The number of nitro benzene ring substituents is 1. The third-order valence-corrected chi connectivity index (χ3v) is 4.79. The van der Waals surface area contributed by atoms with Gasteiger partial charge in [0.05, 0.1) is 24.4 Å². The molecule has 3 aromatic rings. The Balaban J connectivity index is 1.55. The SMILES string of the molecule is Cc1ccccc1Nc1nc(N/N=C/c2ccc([N+](=O)[O-])cc2)nc(N2CCOCC2)n1. The highest BCUT2D eigenvalue weighted by Gasteiger charge is 2.17. The lowest BCUT2D eigenvalue weighted by atomic mass is 10.2. The van der Waals surface area contributed by atoms with Crippen molar-refractivity contribution in [1.29, 1.82) is 0 Å². The van der Waals surface area contributed by atoms with Gasteiger partial charge in [-0.3, -0.25) is 10.1 Å². The molecule has 11 heteroatoms. The van der Waals surface area contributed by atoms with Crippen LogP contribution >= 0.6 is 0 Å². The highest BCUT2D eigenvalue weighted by atomic mass is 16.6. The van der Waals surface area contributed by atoms with Crippen LogP contribution in [0.2, 0.25) is 0 Å². The average molecular weight is 434 g/mol. The number of hydrogen-bond acceptors (Lipinski definition) is 10. The molecule has 2 heterocycles. The summed E-state index contributed by atoms with van der Waals surface area (Å²) in [5.74, 6) is 1.19. The van der Waals surface area contributed by atoms with Crippen LogP contribution in [-0.2, 0) is 4.74 Å². The van der Waals surface area contributed by atoms with Gasteiger partial charge in [0.15, 0.2) is 0 Å². The van der Waals surface area contributed by atoms with E-state index < -0.39 is 4.92 Å². The molecule has 1 saturated heterocycles. The molecule has 4 rings (SSSR count). The normalized spacial score (nSPS) is 13.8. The van der Waals surface area contributed by atoms with E-state index in [1.807, 2.05) is 36.1 Å². The maximum absolute atomic E-state index is 10.8. The van der Waals surface area contributed by atoms with Crippen molar-refractivity contribution < 1.29 is 9.66 Å².